The van der Waals surface area contributed by atoms with E-state index in [4.69, 9.17) is 34.9 Å². The maximum absolute atomic E-state index is 16.4. The molecule has 370 valence electrons. The summed E-state index contributed by atoms with van der Waals surface area (Å²) in [6.07, 6.45) is 5.09. The fourth-order valence-electron chi connectivity index (χ4n) is 10.5. The summed E-state index contributed by atoms with van der Waals surface area (Å²) in [4.78, 5) is 38.4. The minimum Gasteiger partial charge on any atom is -0.264 e. The van der Waals surface area contributed by atoms with E-state index in [9.17, 15) is 0 Å². The summed E-state index contributed by atoms with van der Waals surface area (Å²) in [5, 5.41) is 0. The van der Waals surface area contributed by atoms with Crippen molar-refractivity contribution in [3.63, 3.8) is 0 Å². The quantitative estimate of drug-likeness (QED) is 0.132. The van der Waals surface area contributed by atoms with Crippen molar-refractivity contribution in [1.82, 2.24) is 39.9 Å². The monoisotopic (exact) mass is 1020 g/mol. The van der Waals surface area contributed by atoms with Gasteiger partial charge in [0.25, 0.3) is 11.8 Å². The molecule has 0 atom stereocenters. The van der Waals surface area contributed by atoms with E-state index in [1.165, 1.54) is 24.3 Å². The third kappa shape index (κ3) is 8.00. The third-order valence-corrected chi connectivity index (χ3v) is 14.4. The number of aromatic nitrogens is 8. The molecule has 0 aliphatic heterocycles. The minimum atomic E-state index is -3.25. The highest BCUT2D eigenvalue weighted by Gasteiger charge is 2.46. The van der Waals surface area contributed by atoms with E-state index in [0.717, 1.165) is 38.9 Å². The zero-order valence-corrected chi connectivity index (χ0v) is 41.0. The molecule has 0 spiro atoms. The van der Waals surface area contributed by atoms with Crippen LogP contribution in [0.4, 0.5) is 17.6 Å². The van der Waals surface area contributed by atoms with Crippen molar-refractivity contribution >= 4 is 0 Å². The molecule has 12 aromatic rings. The first-order valence-corrected chi connectivity index (χ1v) is 25.1. The van der Waals surface area contributed by atoms with Crippen molar-refractivity contribution in [1.29, 1.82) is 0 Å². The fraction of sp³-hybridized carbons (Fsp3) is 0.0303. The molecule has 0 bridgehead atoms. The van der Waals surface area contributed by atoms with Gasteiger partial charge in [0.15, 0.2) is 34.9 Å². The van der Waals surface area contributed by atoms with Crippen LogP contribution in [0, 0.1) is 0 Å². The topological polar surface area (TPSA) is 103 Å². The highest BCUT2D eigenvalue weighted by atomic mass is 19.3. The van der Waals surface area contributed by atoms with Gasteiger partial charge in [-0.25, -0.2) is 29.9 Å². The number of hydrogen-bond acceptors (Lipinski definition) is 8. The van der Waals surface area contributed by atoms with E-state index in [2.05, 4.69) is 4.98 Å². The van der Waals surface area contributed by atoms with Gasteiger partial charge in [0.1, 0.15) is 0 Å². The number of benzene rings is 8. The number of rotatable bonds is 9. The van der Waals surface area contributed by atoms with Gasteiger partial charge in [0, 0.05) is 85.4 Å². The molecular formula is C66H38F4N8. The highest BCUT2D eigenvalue weighted by Crippen LogP contribution is 2.54. The standard InChI is InChI=1S/C66H38F4N8/c67-65(68)54-25-21-43(49-20-11-30-71-38-49)33-50(54)52-35-48(24-27-56(52)65)64-77-61(41-16-8-3-9-17-41)74-62(78-64)46-19-10-18-42(32-46)44-29-31-72-58(37-44)45-22-26-55-51(34-45)53-36-47(23-28-57(53)66(55,69)70)63-75-59(39-12-4-1-5-13-39)73-60(76-63)40-14-6-2-7-15-40/h1-38H. The van der Waals surface area contributed by atoms with E-state index >= 15 is 17.6 Å². The molecular weight excluding hydrogens is 981 g/mol. The van der Waals surface area contributed by atoms with Crippen LogP contribution in [0.15, 0.2) is 231 Å². The lowest BCUT2D eigenvalue weighted by atomic mass is 9.97. The first-order chi connectivity index (χ1) is 38.1. The number of alkyl halides is 4. The Morgan fingerprint density at radius 1 is 0.256 bits per heavy atom. The van der Waals surface area contributed by atoms with Crippen molar-refractivity contribution in [2.75, 3.05) is 0 Å². The molecule has 2 aliphatic rings. The number of hydrogen-bond donors (Lipinski definition) is 0. The van der Waals surface area contributed by atoms with Crippen LogP contribution in [0.1, 0.15) is 22.3 Å². The Balaban J connectivity index is 0.816. The first-order valence-electron chi connectivity index (χ1n) is 25.1. The molecule has 0 radical (unpaired) electrons. The van der Waals surface area contributed by atoms with Gasteiger partial charge < -0.3 is 0 Å². The maximum Gasteiger partial charge on any atom is 0.299 e. The molecule has 0 saturated carbocycles. The van der Waals surface area contributed by atoms with Crippen LogP contribution in [0.25, 0.3) is 124 Å². The Hall–Kier alpha value is -10.2. The Bertz CT molecular complexity index is 4270. The molecule has 8 nitrogen and oxygen atoms in total. The summed E-state index contributed by atoms with van der Waals surface area (Å²) in [5.74, 6) is -4.05. The van der Waals surface area contributed by atoms with Crippen LogP contribution in [0.5, 0.6) is 0 Å². The number of nitrogens with zero attached hydrogens (tertiary/aromatic N) is 8. The largest absolute Gasteiger partial charge is 0.299 e. The van der Waals surface area contributed by atoms with E-state index in [1.807, 2.05) is 140 Å². The van der Waals surface area contributed by atoms with Crippen LogP contribution < -0.4 is 0 Å². The van der Waals surface area contributed by atoms with Crippen LogP contribution in [-0.2, 0) is 11.8 Å². The van der Waals surface area contributed by atoms with Crippen molar-refractivity contribution in [3.05, 3.63) is 253 Å². The van der Waals surface area contributed by atoms with Crippen molar-refractivity contribution < 1.29 is 17.6 Å². The maximum atomic E-state index is 16.4. The lowest BCUT2D eigenvalue weighted by Crippen LogP contribution is -2.10. The highest BCUT2D eigenvalue weighted by molar-refractivity contribution is 5.88. The summed E-state index contributed by atoms with van der Waals surface area (Å²) in [7, 11) is 0. The number of fused-ring (bicyclic) bond motifs is 6. The molecule has 2 aliphatic carbocycles. The Labute approximate surface area is 444 Å². The van der Waals surface area contributed by atoms with Gasteiger partial charge >= 0.3 is 0 Å². The van der Waals surface area contributed by atoms with E-state index in [-0.39, 0.29) is 22.3 Å². The van der Waals surface area contributed by atoms with Gasteiger partial charge in [-0.05, 0) is 87.5 Å². The summed E-state index contributed by atoms with van der Waals surface area (Å²) in [6, 6.07) is 63.6. The SMILES string of the molecule is FC1(F)c2ccc(-c3cccnc3)cc2-c2cc(-c3nc(-c4ccccc4)nc(-c4cccc(-c5ccnc(-c6ccc7c(c6)-c6cc(-c8nc(-c9ccccc9)nc(-c9ccccc9)n8)ccc6C7(F)F)c5)c4)n3)ccc21. The zero-order valence-electron chi connectivity index (χ0n) is 41.0. The summed E-state index contributed by atoms with van der Waals surface area (Å²) in [5.41, 5.74) is 9.86. The van der Waals surface area contributed by atoms with Crippen LogP contribution >= 0.6 is 0 Å². The lowest BCUT2D eigenvalue weighted by molar-refractivity contribution is 0.0474. The second-order valence-corrected chi connectivity index (χ2v) is 19.2. The van der Waals surface area contributed by atoms with E-state index < -0.39 is 11.8 Å². The molecule has 0 saturated heterocycles. The first kappa shape index (κ1) is 46.3. The van der Waals surface area contributed by atoms with Crippen molar-refractivity contribution in [2.45, 2.75) is 11.8 Å². The van der Waals surface area contributed by atoms with Gasteiger partial charge in [0.2, 0.25) is 0 Å². The Kier molecular flexibility index (Phi) is 10.9. The predicted octanol–water partition coefficient (Wildman–Crippen LogP) is 16.1. The second-order valence-electron chi connectivity index (χ2n) is 19.2. The van der Waals surface area contributed by atoms with Gasteiger partial charge in [-0.1, -0.05) is 164 Å². The normalized spacial score (nSPS) is 13.3. The van der Waals surface area contributed by atoms with Crippen LogP contribution in [-0.4, -0.2) is 39.9 Å². The average Bonchev–Trinajstić information content (AvgIpc) is 4.07. The summed E-state index contributed by atoms with van der Waals surface area (Å²) >= 11 is 0. The molecule has 78 heavy (non-hydrogen) atoms. The van der Waals surface area contributed by atoms with Gasteiger partial charge in [-0.15, -0.1) is 0 Å². The minimum absolute atomic E-state index is 0.0650. The van der Waals surface area contributed by atoms with Crippen LogP contribution in [0.2, 0.25) is 0 Å². The lowest BCUT2D eigenvalue weighted by Gasteiger charge is -2.13. The number of halogens is 4. The summed E-state index contributed by atoms with van der Waals surface area (Å²) in [6.45, 7) is 0. The fourth-order valence-corrected chi connectivity index (χ4v) is 10.5. The molecule has 0 amide bonds. The van der Waals surface area contributed by atoms with E-state index in [1.54, 1.807) is 67.1 Å². The van der Waals surface area contributed by atoms with Crippen molar-refractivity contribution in [3.8, 4) is 124 Å². The van der Waals surface area contributed by atoms with Gasteiger partial charge in [0.05, 0.1) is 5.69 Å². The molecule has 4 heterocycles. The predicted molar refractivity (Wildman–Crippen MR) is 295 cm³/mol. The van der Waals surface area contributed by atoms with E-state index in [0.29, 0.717) is 85.1 Å². The van der Waals surface area contributed by atoms with Crippen LogP contribution in [0.3, 0.4) is 0 Å². The van der Waals surface area contributed by atoms with Gasteiger partial charge in [-0.2, -0.15) is 17.6 Å². The molecule has 0 unspecified atom stereocenters. The molecule has 0 N–H and O–H groups in total. The zero-order chi connectivity index (χ0) is 52.5. The second kappa shape index (κ2) is 18.3. The smallest absolute Gasteiger partial charge is 0.264 e. The average molecular weight is 1020 g/mol. The summed E-state index contributed by atoms with van der Waals surface area (Å²) < 4.78 is 64.9. The molecule has 4 aromatic heterocycles. The Morgan fingerprint density at radius 3 is 1.06 bits per heavy atom. The number of pyridine rings is 2. The molecule has 8 aromatic carbocycles. The molecule has 12 heteroatoms. The Morgan fingerprint density at radius 2 is 0.603 bits per heavy atom. The third-order valence-electron chi connectivity index (χ3n) is 14.4. The molecule has 14 rings (SSSR count). The van der Waals surface area contributed by atoms with Crippen molar-refractivity contribution in [2.24, 2.45) is 0 Å². The molecule has 0 fully saturated rings. The van der Waals surface area contributed by atoms with Gasteiger partial charge in [-0.3, -0.25) is 9.97 Å².